The summed E-state index contributed by atoms with van der Waals surface area (Å²) < 4.78 is 3.48. The molecule has 0 saturated heterocycles. The van der Waals surface area contributed by atoms with Gasteiger partial charge in [-0.2, -0.15) is 10.4 Å². The Kier molecular flexibility index (Phi) is 2.95. The Labute approximate surface area is 120 Å². The molecule has 0 aliphatic carbocycles. The maximum Gasteiger partial charge on any atom is 0.339 e. The van der Waals surface area contributed by atoms with Gasteiger partial charge in [-0.05, 0) is 23.6 Å². The summed E-state index contributed by atoms with van der Waals surface area (Å²) >= 11 is 0. The van der Waals surface area contributed by atoms with Crippen molar-refractivity contribution in [2.24, 2.45) is 7.05 Å². The lowest BCUT2D eigenvalue weighted by atomic mass is 10.2. The van der Waals surface area contributed by atoms with E-state index in [1.807, 2.05) is 22.9 Å². The highest BCUT2D eigenvalue weighted by molar-refractivity contribution is 5.88. The van der Waals surface area contributed by atoms with Gasteiger partial charge in [-0.1, -0.05) is 6.07 Å². The van der Waals surface area contributed by atoms with E-state index in [9.17, 15) is 9.90 Å². The first kappa shape index (κ1) is 12.9. The molecule has 0 amide bonds. The minimum atomic E-state index is -0.993. The Morgan fingerprint density at radius 1 is 1.43 bits per heavy atom. The van der Waals surface area contributed by atoms with E-state index in [1.165, 1.54) is 6.20 Å². The number of carboxylic acids is 1. The molecule has 1 N–H and O–H groups in total. The SMILES string of the molecule is Cn1ncc(C(=O)O)c1Cn1ccc2ccc(C#N)cc21. The number of benzene rings is 1. The van der Waals surface area contributed by atoms with Crippen molar-refractivity contribution < 1.29 is 9.90 Å². The van der Waals surface area contributed by atoms with Crippen LogP contribution in [-0.2, 0) is 13.6 Å². The van der Waals surface area contributed by atoms with Crippen molar-refractivity contribution in [3.63, 3.8) is 0 Å². The van der Waals surface area contributed by atoms with Gasteiger partial charge in [0, 0.05) is 18.8 Å². The van der Waals surface area contributed by atoms with Gasteiger partial charge in [0.25, 0.3) is 0 Å². The van der Waals surface area contributed by atoms with Crippen LogP contribution in [-0.4, -0.2) is 25.4 Å². The van der Waals surface area contributed by atoms with E-state index in [0.717, 1.165) is 10.9 Å². The van der Waals surface area contributed by atoms with Gasteiger partial charge in [0.1, 0.15) is 5.56 Å². The van der Waals surface area contributed by atoms with Crippen LogP contribution in [0.15, 0.2) is 36.7 Å². The van der Waals surface area contributed by atoms with Crippen molar-refractivity contribution in [3.05, 3.63) is 53.5 Å². The maximum absolute atomic E-state index is 11.2. The zero-order valence-electron chi connectivity index (χ0n) is 11.3. The highest BCUT2D eigenvalue weighted by atomic mass is 16.4. The van der Waals surface area contributed by atoms with Gasteiger partial charge in [0.2, 0.25) is 0 Å². The first-order valence-corrected chi connectivity index (χ1v) is 6.33. The molecule has 0 fully saturated rings. The number of aryl methyl sites for hydroxylation is 1. The van der Waals surface area contributed by atoms with Gasteiger partial charge in [-0.25, -0.2) is 4.79 Å². The van der Waals surface area contributed by atoms with E-state index in [0.29, 0.717) is 17.8 Å². The van der Waals surface area contributed by atoms with E-state index in [2.05, 4.69) is 11.2 Å². The number of rotatable bonds is 3. The monoisotopic (exact) mass is 280 g/mol. The van der Waals surface area contributed by atoms with Crippen molar-refractivity contribution in [3.8, 4) is 6.07 Å². The minimum Gasteiger partial charge on any atom is -0.478 e. The normalized spacial score (nSPS) is 10.7. The zero-order chi connectivity index (χ0) is 15.0. The summed E-state index contributed by atoms with van der Waals surface area (Å²) in [5.74, 6) is -0.993. The number of hydrogen-bond donors (Lipinski definition) is 1. The first-order valence-electron chi connectivity index (χ1n) is 6.33. The highest BCUT2D eigenvalue weighted by Gasteiger charge is 2.16. The summed E-state index contributed by atoms with van der Waals surface area (Å²) in [7, 11) is 1.72. The highest BCUT2D eigenvalue weighted by Crippen LogP contribution is 2.20. The van der Waals surface area contributed by atoms with Crippen molar-refractivity contribution in [2.75, 3.05) is 0 Å². The van der Waals surface area contributed by atoms with Gasteiger partial charge in [-0.3, -0.25) is 4.68 Å². The van der Waals surface area contributed by atoms with Gasteiger partial charge in [0.05, 0.1) is 30.1 Å². The molecule has 6 nitrogen and oxygen atoms in total. The molecule has 0 aliphatic heterocycles. The Morgan fingerprint density at radius 3 is 2.95 bits per heavy atom. The van der Waals surface area contributed by atoms with Crippen molar-refractivity contribution in [2.45, 2.75) is 6.54 Å². The van der Waals surface area contributed by atoms with Crippen LogP contribution >= 0.6 is 0 Å². The minimum absolute atomic E-state index is 0.191. The summed E-state index contributed by atoms with van der Waals surface area (Å²) in [5.41, 5.74) is 2.27. The van der Waals surface area contributed by atoms with Crippen molar-refractivity contribution >= 4 is 16.9 Å². The Bertz CT molecular complexity index is 883. The van der Waals surface area contributed by atoms with E-state index in [-0.39, 0.29) is 5.56 Å². The van der Waals surface area contributed by atoms with Crippen molar-refractivity contribution in [1.82, 2.24) is 14.3 Å². The molecular weight excluding hydrogens is 268 g/mol. The molecule has 0 bridgehead atoms. The number of aromatic carboxylic acids is 1. The molecule has 0 radical (unpaired) electrons. The molecule has 2 heterocycles. The molecule has 1 aromatic carbocycles. The van der Waals surface area contributed by atoms with Gasteiger partial charge >= 0.3 is 5.97 Å². The third kappa shape index (κ3) is 2.15. The van der Waals surface area contributed by atoms with E-state index < -0.39 is 5.97 Å². The fourth-order valence-corrected chi connectivity index (χ4v) is 2.38. The number of carbonyl (C=O) groups is 1. The maximum atomic E-state index is 11.2. The van der Waals surface area contributed by atoms with Crippen LogP contribution in [0.3, 0.4) is 0 Å². The lowest BCUT2D eigenvalue weighted by Crippen LogP contribution is -2.09. The average molecular weight is 280 g/mol. The largest absolute Gasteiger partial charge is 0.478 e. The summed E-state index contributed by atoms with van der Waals surface area (Å²) in [5, 5.41) is 23.2. The molecule has 6 heteroatoms. The lowest BCUT2D eigenvalue weighted by Gasteiger charge is -2.07. The summed E-state index contributed by atoms with van der Waals surface area (Å²) in [6.45, 7) is 0.385. The van der Waals surface area contributed by atoms with Crippen LogP contribution in [0.2, 0.25) is 0 Å². The second-order valence-corrected chi connectivity index (χ2v) is 4.76. The number of aromatic nitrogens is 3. The van der Waals surface area contributed by atoms with Crippen LogP contribution < -0.4 is 0 Å². The molecule has 2 aromatic heterocycles. The number of carboxylic acid groups (broad SMARTS) is 1. The van der Waals surface area contributed by atoms with E-state index in [4.69, 9.17) is 5.26 Å². The molecule has 0 saturated carbocycles. The predicted octanol–water partition coefficient (Wildman–Crippen LogP) is 1.99. The first-order chi connectivity index (χ1) is 10.1. The third-order valence-corrected chi connectivity index (χ3v) is 3.52. The summed E-state index contributed by atoms with van der Waals surface area (Å²) in [6.07, 6.45) is 3.23. The molecule has 0 aliphatic rings. The Morgan fingerprint density at radius 2 is 2.24 bits per heavy atom. The molecule has 21 heavy (non-hydrogen) atoms. The molecular formula is C15H12N4O2. The van der Waals surface area contributed by atoms with Crippen LogP contribution in [0.1, 0.15) is 21.6 Å². The molecule has 3 rings (SSSR count). The Balaban J connectivity index is 2.09. The van der Waals surface area contributed by atoms with Gasteiger partial charge in [0.15, 0.2) is 0 Å². The smallest absolute Gasteiger partial charge is 0.339 e. The Hall–Kier alpha value is -3.07. The zero-order valence-corrected chi connectivity index (χ0v) is 11.3. The molecule has 0 spiro atoms. The molecule has 0 atom stereocenters. The third-order valence-electron chi connectivity index (χ3n) is 3.52. The van der Waals surface area contributed by atoms with Crippen molar-refractivity contribution in [1.29, 1.82) is 5.26 Å². The van der Waals surface area contributed by atoms with E-state index >= 15 is 0 Å². The average Bonchev–Trinajstić information content (AvgIpc) is 3.04. The fraction of sp³-hybridized carbons (Fsp3) is 0.133. The quantitative estimate of drug-likeness (QED) is 0.795. The topological polar surface area (TPSA) is 83.8 Å². The molecule has 3 aromatic rings. The lowest BCUT2D eigenvalue weighted by molar-refractivity contribution is 0.0695. The fourth-order valence-electron chi connectivity index (χ4n) is 2.38. The summed E-state index contributed by atoms with van der Waals surface area (Å²) in [6, 6.07) is 9.49. The van der Waals surface area contributed by atoms with Gasteiger partial charge in [-0.15, -0.1) is 0 Å². The predicted molar refractivity (Wildman–Crippen MR) is 75.9 cm³/mol. The summed E-state index contributed by atoms with van der Waals surface area (Å²) in [4.78, 5) is 11.2. The molecule has 104 valence electrons. The molecule has 0 unspecified atom stereocenters. The second kappa shape index (κ2) is 4.80. The van der Waals surface area contributed by atoms with Gasteiger partial charge < -0.3 is 9.67 Å². The number of fused-ring (bicyclic) bond motifs is 1. The van der Waals surface area contributed by atoms with Crippen LogP contribution in [0, 0.1) is 11.3 Å². The van der Waals surface area contributed by atoms with Crippen LogP contribution in [0.4, 0.5) is 0 Å². The standard InChI is InChI=1S/C15H12N4O2/c1-18-14(12(8-17-18)15(20)21)9-19-5-4-11-3-2-10(7-16)6-13(11)19/h2-6,8H,9H2,1H3,(H,20,21). The van der Waals surface area contributed by atoms with Crippen LogP contribution in [0.5, 0.6) is 0 Å². The van der Waals surface area contributed by atoms with Crippen LogP contribution in [0.25, 0.3) is 10.9 Å². The second-order valence-electron chi connectivity index (χ2n) is 4.76. The van der Waals surface area contributed by atoms with E-state index in [1.54, 1.807) is 23.9 Å². The number of hydrogen-bond acceptors (Lipinski definition) is 3. The number of nitriles is 1. The number of nitrogens with zero attached hydrogens (tertiary/aromatic N) is 4.